The molecule has 30 heavy (non-hydrogen) atoms. The molecule has 0 aliphatic carbocycles. The predicted molar refractivity (Wildman–Crippen MR) is 118 cm³/mol. The van der Waals surface area contributed by atoms with Crippen molar-refractivity contribution in [3.63, 3.8) is 0 Å². The Labute approximate surface area is 181 Å². The lowest BCUT2D eigenvalue weighted by molar-refractivity contribution is -0.117. The van der Waals surface area contributed by atoms with Crippen LogP contribution >= 0.6 is 11.3 Å². The van der Waals surface area contributed by atoms with Gasteiger partial charge >= 0.3 is 0 Å². The van der Waals surface area contributed by atoms with Gasteiger partial charge in [0.2, 0.25) is 0 Å². The lowest BCUT2D eigenvalue weighted by atomic mass is 9.84. The van der Waals surface area contributed by atoms with Crippen molar-refractivity contribution in [2.24, 2.45) is 0 Å². The maximum Gasteiger partial charge on any atom is 0.261 e. The third-order valence-electron chi connectivity index (χ3n) is 5.91. The summed E-state index contributed by atoms with van der Waals surface area (Å²) in [6, 6.07) is 8.73. The third-order valence-corrected chi connectivity index (χ3v) is 9.02. The van der Waals surface area contributed by atoms with Crippen molar-refractivity contribution in [2.45, 2.75) is 56.3 Å². The number of fused-ring (bicyclic) bond motifs is 2. The third kappa shape index (κ3) is 4.19. The zero-order chi connectivity index (χ0) is 21.4. The lowest BCUT2D eigenvalue weighted by Gasteiger charge is -2.43. The molecule has 1 saturated heterocycles. The topological polar surface area (TPSA) is 84.5 Å². The Morgan fingerprint density at radius 2 is 1.97 bits per heavy atom. The quantitative estimate of drug-likeness (QED) is 0.735. The van der Waals surface area contributed by atoms with Crippen molar-refractivity contribution in [1.82, 2.24) is 10.6 Å². The van der Waals surface area contributed by atoms with Gasteiger partial charge in [0.1, 0.15) is 5.60 Å². The SMILES string of the molecule is CCS(=O)(=O)c1ccc(CNC(=O)c2cc3c(s2)C2(CCNCC2)OC(C)C3)cc1. The maximum atomic E-state index is 12.8. The summed E-state index contributed by atoms with van der Waals surface area (Å²) in [4.78, 5) is 15.0. The Kier molecular flexibility index (Phi) is 6.03. The average molecular weight is 449 g/mol. The van der Waals surface area contributed by atoms with Crippen LogP contribution in [0.25, 0.3) is 0 Å². The van der Waals surface area contributed by atoms with Gasteiger partial charge in [-0.2, -0.15) is 0 Å². The number of sulfone groups is 1. The first-order valence-corrected chi connectivity index (χ1v) is 12.9. The molecule has 4 rings (SSSR count). The lowest BCUT2D eigenvalue weighted by Crippen LogP contribution is -2.46. The largest absolute Gasteiger partial charge is 0.366 e. The Hall–Kier alpha value is -1.74. The van der Waals surface area contributed by atoms with Gasteiger partial charge in [-0.25, -0.2) is 8.42 Å². The van der Waals surface area contributed by atoms with E-state index in [1.807, 2.05) is 6.07 Å². The molecule has 2 aliphatic heterocycles. The van der Waals surface area contributed by atoms with E-state index < -0.39 is 9.84 Å². The van der Waals surface area contributed by atoms with Crippen molar-refractivity contribution < 1.29 is 17.9 Å². The molecule has 0 bridgehead atoms. The van der Waals surface area contributed by atoms with Gasteiger partial charge < -0.3 is 15.4 Å². The average Bonchev–Trinajstić information content (AvgIpc) is 3.18. The van der Waals surface area contributed by atoms with Gasteiger partial charge in [0.15, 0.2) is 9.84 Å². The number of ether oxygens (including phenoxy) is 1. The standard InChI is InChI=1S/C22H28N2O4S2/c1-3-30(26,27)18-6-4-16(5-7-18)14-24-21(25)19-13-17-12-15(2)28-22(20(17)29-19)8-10-23-11-9-22/h4-7,13,15,23H,3,8-12,14H2,1-2H3,(H,24,25). The van der Waals surface area contributed by atoms with Gasteiger partial charge in [-0.15, -0.1) is 11.3 Å². The number of nitrogens with one attached hydrogen (secondary N) is 2. The number of piperidine rings is 1. The van der Waals surface area contributed by atoms with E-state index in [-0.39, 0.29) is 23.4 Å². The monoisotopic (exact) mass is 448 g/mol. The fourth-order valence-corrected chi connectivity index (χ4v) is 6.48. The Bertz CT molecular complexity index is 1020. The van der Waals surface area contributed by atoms with Gasteiger partial charge in [-0.1, -0.05) is 19.1 Å². The number of hydrogen-bond donors (Lipinski definition) is 2. The number of hydrogen-bond acceptors (Lipinski definition) is 6. The van der Waals surface area contributed by atoms with E-state index in [0.29, 0.717) is 16.3 Å². The first kappa shape index (κ1) is 21.5. The van der Waals surface area contributed by atoms with Gasteiger partial charge in [0.25, 0.3) is 5.91 Å². The van der Waals surface area contributed by atoms with Crippen LogP contribution in [0, 0.1) is 0 Å². The first-order chi connectivity index (χ1) is 14.3. The normalized spacial score (nSPS) is 20.7. The summed E-state index contributed by atoms with van der Waals surface area (Å²) in [5, 5.41) is 6.36. The molecule has 1 aromatic heterocycles. The molecule has 1 amide bonds. The number of rotatable bonds is 5. The molecule has 2 aliphatic rings. The molecule has 1 spiro atoms. The summed E-state index contributed by atoms with van der Waals surface area (Å²) in [5.74, 6) is -0.0252. The van der Waals surface area contributed by atoms with Crippen molar-refractivity contribution in [2.75, 3.05) is 18.8 Å². The highest BCUT2D eigenvalue weighted by molar-refractivity contribution is 7.91. The molecule has 1 fully saturated rings. The molecule has 0 saturated carbocycles. The Balaban J connectivity index is 1.47. The molecular formula is C22H28N2O4S2. The molecule has 1 aromatic carbocycles. The van der Waals surface area contributed by atoms with Crippen LogP contribution in [-0.4, -0.2) is 39.3 Å². The van der Waals surface area contributed by atoms with E-state index in [9.17, 15) is 13.2 Å². The zero-order valence-corrected chi connectivity index (χ0v) is 19.0. The van der Waals surface area contributed by atoms with Crippen molar-refractivity contribution >= 4 is 27.1 Å². The van der Waals surface area contributed by atoms with Gasteiger partial charge in [0.05, 0.1) is 21.6 Å². The second-order valence-electron chi connectivity index (χ2n) is 8.07. The fraction of sp³-hybridized carbons (Fsp3) is 0.500. The molecule has 162 valence electrons. The minimum atomic E-state index is -3.21. The summed E-state index contributed by atoms with van der Waals surface area (Å²) < 4.78 is 30.3. The second-order valence-corrected chi connectivity index (χ2v) is 11.4. The minimum Gasteiger partial charge on any atom is -0.366 e. The van der Waals surface area contributed by atoms with Crippen molar-refractivity contribution in [3.05, 3.63) is 51.2 Å². The number of benzene rings is 1. The van der Waals surface area contributed by atoms with Crippen LogP contribution in [0.5, 0.6) is 0 Å². The van der Waals surface area contributed by atoms with Crippen LogP contribution in [0.1, 0.15) is 52.4 Å². The van der Waals surface area contributed by atoms with Crippen molar-refractivity contribution in [3.8, 4) is 0 Å². The zero-order valence-electron chi connectivity index (χ0n) is 17.4. The summed E-state index contributed by atoms with van der Waals surface area (Å²) >= 11 is 1.55. The Morgan fingerprint density at radius 3 is 2.63 bits per heavy atom. The summed E-state index contributed by atoms with van der Waals surface area (Å²) in [6.07, 6.45) is 2.85. The molecule has 1 unspecified atom stereocenters. The fourth-order valence-electron chi connectivity index (χ4n) is 4.29. The number of carbonyl (C=O) groups excluding carboxylic acids is 1. The van der Waals surface area contributed by atoms with E-state index >= 15 is 0 Å². The van der Waals surface area contributed by atoms with Gasteiger partial charge in [-0.05, 0) is 68.6 Å². The van der Waals surface area contributed by atoms with Gasteiger partial charge in [-0.3, -0.25) is 4.79 Å². The molecule has 2 aromatic rings. The summed E-state index contributed by atoms with van der Waals surface area (Å²) in [5.41, 5.74) is 1.84. The number of thiophene rings is 1. The van der Waals surface area contributed by atoms with Crippen LogP contribution in [-0.2, 0) is 33.1 Å². The second kappa shape index (κ2) is 8.42. The first-order valence-electron chi connectivity index (χ1n) is 10.4. The molecular weight excluding hydrogens is 420 g/mol. The highest BCUT2D eigenvalue weighted by Crippen LogP contribution is 2.46. The molecule has 0 radical (unpaired) electrons. The van der Waals surface area contributed by atoms with Gasteiger partial charge in [0, 0.05) is 11.4 Å². The van der Waals surface area contributed by atoms with Crippen LogP contribution in [0.2, 0.25) is 0 Å². The number of amides is 1. The van der Waals surface area contributed by atoms with E-state index in [1.165, 1.54) is 10.4 Å². The van der Waals surface area contributed by atoms with Crippen LogP contribution in [0.4, 0.5) is 0 Å². The van der Waals surface area contributed by atoms with E-state index in [2.05, 4.69) is 17.6 Å². The smallest absolute Gasteiger partial charge is 0.261 e. The minimum absolute atomic E-state index is 0.0754. The van der Waals surface area contributed by atoms with Crippen molar-refractivity contribution in [1.29, 1.82) is 0 Å². The molecule has 8 heteroatoms. The molecule has 3 heterocycles. The highest BCUT2D eigenvalue weighted by Gasteiger charge is 2.43. The van der Waals surface area contributed by atoms with E-state index in [4.69, 9.17) is 4.74 Å². The highest BCUT2D eigenvalue weighted by atomic mass is 32.2. The summed E-state index contributed by atoms with van der Waals surface area (Å²) in [7, 11) is -3.21. The maximum absolute atomic E-state index is 12.8. The Morgan fingerprint density at radius 1 is 1.27 bits per heavy atom. The van der Waals surface area contributed by atoms with E-state index in [0.717, 1.165) is 37.9 Å². The van der Waals surface area contributed by atoms with Crippen LogP contribution in [0.3, 0.4) is 0 Å². The van der Waals surface area contributed by atoms with Crippen LogP contribution in [0.15, 0.2) is 35.2 Å². The van der Waals surface area contributed by atoms with Crippen LogP contribution < -0.4 is 10.6 Å². The van der Waals surface area contributed by atoms with E-state index in [1.54, 1.807) is 42.5 Å². The summed E-state index contributed by atoms with van der Waals surface area (Å²) in [6.45, 7) is 5.94. The molecule has 2 N–H and O–H groups in total. The predicted octanol–water partition coefficient (Wildman–Crippen LogP) is 3.01. The number of carbonyl (C=O) groups is 1. The molecule has 6 nitrogen and oxygen atoms in total. The molecule has 1 atom stereocenters.